The molecular weight excluding hydrogens is 552 g/mol. The first-order chi connectivity index (χ1) is 20.3. The van der Waals surface area contributed by atoms with Gasteiger partial charge in [0.15, 0.2) is 0 Å². The normalized spacial score (nSPS) is 20.4. The van der Waals surface area contributed by atoms with E-state index in [9.17, 15) is 4.79 Å². The van der Waals surface area contributed by atoms with Gasteiger partial charge in [-0.2, -0.15) is 0 Å². The van der Waals surface area contributed by atoms with Crippen LogP contribution in [0.3, 0.4) is 0 Å². The van der Waals surface area contributed by atoms with Crippen LogP contribution in [0.1, 0.15) is 72.4 Å². The molecule has 1 saturated carbocycles. The molecule has 2 saturated heterocycles. The number of carbonyl (C=O) groups excluding carboxylic acids is 1. The number of aromatic nitrogens is 2. The second-order valence-electron chi connectivity index (χ2n) is 11.8. The number of amides is 1. The second kappa shape index (κ2) is 12.2. The molecule has 2 aromatic heterocycles. The van der Waals surface area contributed by atoms with Crippen LogP contribution in [0.25, 0.3) is 10.9 Å². The highest BCUT2D eigenvalue weighted by Crippen LogP contribution is 2.45. The summed E-state index contributed by atoms with van der Waals surface area (Å²) in [4.78, 5) is 29.4. The van der Waals surface area contributed by atoms with Crippen molar-refractivity contribution in [3.05, 3.63) is 51.8 Å². The topological polar surface area (TPSA) is 91.8 Å². The Morgan fingerprint density at radius 3 is 2.62 bits per heavy atom. The zero-order chi connectivity index (χ0) is 29.4. The molecule has 2 N–H and O–H groups in total. The average molecular weight is 593 g/mol. The maximum Gasteiger partial charge on any atom is 0.257 e. The largest absolute Gasteiger partial charge is 0.495 e. The molecule has 3 aromatic rings. The van der Waals surface area contributed by atoms with Gasteiger partial charge in [0.2, 0.25) is 0 Å². The first kappa shape index (κ1) is 29.0. The van der Waals surface area contributed by atoms with E-state index in [0.29, 0.717) is 54.6 Å². The highest BCUT2D eigenvalue weighted by molar-refractivity contribution is 6.32. The summed E-state index contributed by atoms with van der Waals surface area (Å²) in [6.45, 7) is 11.3. The molecule has 6 rings (SSSR count). The number of fused-ring (bicyclic) bond motifs is 1. The third-order valence-electron chi connectivity index (χ3n) is 8.63. The number of rotatable bonds is 7. The molecule has 3 aliphatic rings. The van der Waals surface area contributed by atoms with Crippen molar-refractivity contribution >= 4 is 39.9 Å². The third kappa shape index (κ3) is 5.87. The molecule has 224 valence electrons. The summed E-state index contributed by atoms with van der Waals surface area (Å²) in [5.41, 5.74) is 5.44. The van der Waals surface area contributed by atoms with Crippen LogP contribution in [0.2, 0.25) is 5.02 Å². The van der Waals surface area contributed by atoms with Gasteiger partial charge >= 0.3 is 0 Å². The average Bonchev–Trinajstić information content (AvgIpc) is 3.85. The predicted octanol–water partition coefficient (Wildman–Crippen LogP) is 4.99. The van der Waals surface area contributed by atoms with Crippen molar-refractivity contribution in [2.75, 3.05) is 62.8 Å². The number of nitrogens with one attached hydrogen (secondary N) is 2. The van der Waals surface area contributed by atoms with Gasteiger partial charge < -0.3 is 29.9 Å². The van der Waals surface area contributed by atoms with Gasteiger partial charge in [0.05, 0.1) is 48.3 Å². The fraction of sp³-hybridized carbons (Fsp3) is 0.531. The maximum absolute atomic E-state index is 14.5. The van der Waals surface area contributed by atoms with E-state index in [1.165, 1.54) is 0 Å². The molecule has 10 heteroatoms. The zero-order valence-electron chi connectivity index (χ0n) is 25.0. The van der Waals surface area contributed by atoms with Crippen LogP contribution in [-0.4, -0.2) is 75.0 Å². The van der Waals surface area contributed by atoms with Gasteiger partial charge in [0.25, 0.3) is 5.91 Å². The molecule has 0 radical (unpaired) electrons. The molecule has 1 amide bonds. The Morgan fingerprint density at radius 1 is 1.12 bits per heavy atom. The number of pyridine rings is 2. The van der Waals surface area contributed by atoms with Gasteiger partial charge in [-0.3, -0.25) is 9.78 Å². The van der Waals surface area contributed by atoms with Crippen molar-refractivity contribution in [3.63, 3.8) is 0 Å². The first-order valence-corrected chi connectivity index (χ1v) is 15.5. The van der Waals surface area contributed by atoms with Gasteiger partial charge in [0, 0.05) is 55.8 Å². The SMILES string of the molecule is COc1ccc([C@H](C)NC(=O)c2c(N3CCOCC3)nc3c(C4CC4)nc(C)cc3c2N2CCN[C@@H](C)CC2)cc1Cl. The molecule has 9 nitrogen and oxygen atoms in total. The Bertz CT molecular complexity index is 1470. The lowest BCUT2D eigenvalue weighted by Crippen LogP contribution is -2.40. The molecule has 0 spiro atoms. The van der Waals surface area contributed by atoms with Gasteiger partial charge in [-0.15, -0.1) is 0 Å². The van der Waals surface area contributed by atoms with Crippen LogP contribution in [0.15, 0.2) is 24.3 Å². The van der Waals surface area contributed by atoms with Crippen LogP contribution in [0, 0.1) is 6.92 Å². The smallest absolute Gasteiger partial charge is 0.257 e. The minimum Gasteiger partial charge on any atom is -0.495 e. The number of benzene rings is 1. The van der Waals surface area contributed by atoms with E-state index in [2.05, 4.69) is 33.4 Å². The molecule has 42 heavy (non-hydrogen) atoms. The molecule has 0 bridgehead atoms. The summed E-state index contributed by atoms with van der Waals surface area (Å²) in [7, 11) is 1.60. The molecule has 1 aromatic carbocycles. The number of carbonyl (C=O) groups is 1. The highest BCUT2D eigenvalue weighted by atomic mass is 35.5. The standard InChI is InChI=1S/C32H41ClN6O3/c1-19-9-11-38(12-10-34-19)30-24-17-20(2)35-28(22-5-6-22)29(24)37-31(39-13-15-42-16-14-39)27(30)32(40)36-21(3)23-7-8-26(41-4)25(33)18-23/h7-8,17-19,21-22,34H,5-6,9-16H2,1-4H3,(H,36,40)/t19-,21-/m0/s1. The fourth-order valence-electron chi connectivity index (χ4n) is 6.11. The lowest BCUT2D eigenvalue weighted by molar-refractivity contribution is 0.0938. The molecule has 0 unspecified atom stereocenters. The van der Waals surface area contributed by atoms with Crippen molar-refractivity contribution in [2.45, 2.75) is 58.0 Å². The molecule has 4 heterocycles. The lowest BCUT2D eigenvalue weighted by atomic mass is 10.0. The van der Waals surface area contributed by atoms with Crippen LogP contribution < -0.4 is 25.2 Å². The third-order valence-corrected chi connectivity index (χ3v) is 8.92. The van der Waals surface area contributed by atoms with Crippen LogP contribution in [-0.2, 0) is 4.74 Å². The fourth-order valence-corrected chi connectivity index (χ4v) is 6.38. The summed E-state index contributed by atoms with van der Waals surface area (Å²) in [6, 6.07) is 7.88. The van der Waals surface area contributed by atoms with Crippen LogP contribution in [0.5, 0.6) is 5.75 Å². The summed E-state index contributed by atoms with van der Waals surface area (Å²) < 4.78 is 11.0. The number of methoxy groups -OCH3 is 1. The van der Waals surface area contributed by atoms with E-state index < -0.39 is 0 Å². The minimum absolute atomic E-state index is 0.145. The predicted molar refractivity (Wildman–Crippen MR) is 167 cm³/mol. The summed E-state index contributed by atoms with van der Waals surface area (Å²) >= 11 is 6.45. The lowest BCUT2D eigenvalue weighted by Gasteiger charge is -2.34. The molecule has 2 aliphatic heterocycles. The number of nitrogens with zero attached hydrogens (tertiary/aromatic N) is 4. The Kier molecular flexibility index (Phi) is 8.43. The van der Waals surface area contributed by atoms with E-state index in [-0.39, 0.29) is 11.9 Å². The number of morpholine rings is 1. The quantitative estimate of drug-likeness (QED) is 0.396. The van der Waals surface area contributed by atoms with Crippen molar-refractivity contribution < 1.29 is 14.3 Å². The van der Waals surface area contributed by atoms with Crippen molar-refractivity contribution in [1.82, 2.24) is 20.6 Å². The van der Waals surface area contributed by atoms with Gasteiger partial charge in [-0.25, -0.2) is 4.98 Å². The molecular formula is C32H41ClN6O3. The second-order valence-corrected chi connectivity index (χ2v) is 12.2. The van der Waals surface area contributed by atoms with Crippen LogP contribution >= 0.6 is 11.6 Å². The van der Waals surface area contributed by atoms with Gasteiger partial charge in [-0.05, 0) is 63.8 Å². The van der Waals surface area contributed by atoms with E-state index in [1.807, 2.05) is 32.0 Å². The number of ether oxygens (including phenoxy) is 2. The summed E-state index contributed by atoms with van der Waals surface area (Å²) in [5.74, 6) is 1.61. The highest BCUT2D eigenvalue weighted by Gasteiger charge is 2.34. The Balaban J connectivity index is 1.52. The zero-order valence-corrected chi connectivity index (χ0v) is 25.8. The van der Waals surface area contributed by atoms with Crippen LogP contribution in [0.4, 0.5) is 11.5 Å². The van der Waals surface area contributed by atoms with Gasteiger partial charge in [-0.1, -0.05) is 17.7 Å². The van der Waals surface area contributed by atoms with Gasteiger partial charge in [0.1, 0.15) is 17.1 Å². The number of halogens is 1. The minimum atomic E-state index is -0.283. The number of aryl methyl sites for hydroxylation is 1. The Morgan fingerprint density at radius 2 is 1.90 bits per heavy atom. The maximum atomic E-state index is 14.5. The number of hydrogen-bond acceptors (Lipinski definition) is 8. The van der Waals surface area contributed by atoms with Crippen molar-refractivity contribution in [3.8, 4) is 5.75 Å². The number of hydrogen-bond donors (Lipinski definition) is 2. The Hall–Kier alpha value is -3.14. The van der Waals surface area contributed by atoms with E-state index in [1.54, 1.807) is 7.11 Å². The van der Waals surface area contributed by atoms with Crippen molar-refractivity contribution in [1.29, 1.82) is 0 Å². The summed E-state index contributed by atoms with van der Waals surface area (Å²) in [5, 5.41) is 8.44. The summed E-state index contributed by atoms with van der Waals surface area (Å²) in [6.07, 6.45) is 3.24. The first-order valence-electron chi connectivity index (χ1n) is 15.1. The molecule has 2 atom stereocenters. The van der Waals surface area contributed by atoms with Crippen molar-refractivity contribution in [2.24, 2.45) is 0 Å². The van der Waals surface area contributed by atoms with E-state index in [4.69, 9.17) is 31.0 Å². The Labute approximate surface area is 252 Å². The van der Waals surface area contributed by atoms with E-state index >= 15 is 0 Å². The molecule has 1 aliphatic carbocycles. The monoisotopic (exact) mass is 592 g/mol. The number of anilines is 2. The molecule has 3 fully saturated rings. The van der Waals surface area contributed by atoms with E-state index in [0.717, 1.165) is 78.3 Å².